The number of aryl methyl sites for hydroxylation is 1. The van der Waals surface area contributed by atoms with Crippen molar-refractivity contribution < 1.29 is 4.58 Å². The van der Waals surface area contributed by atoms with Crippen LogP contribution in [0.4, 0.5) is 0 Å². The average molecular weight is 277 g/mol. The molecule has 106 valence electrons. The van der Waals surface area contributed by atoms with Crippen LogP contribution in [0.1, 0.15) is 16.7 Å². The molecule has 0 saturated carbocycles. The number of allylic oxidation sites excluding steroid dienone is 3. The third kappa shape index (κ3) is 3.54. The summed E-state index contributed by atoms with van der Waals surface area (Å²) >= 11 is 0. The van der Waals surface area contributed by atoms with Crippen LogP contribution in [0.5, 0.6) is 0 Å². The lowest BCUT2D eigenvalue weighted by Gasteiger charge is -2.06. The molecule has 1 aromatic heterocycles. The first-order valence-corrected chi connectivity index (χ1v) is 6.98. The second kappa shape index (κ2) is 6.80. The van der Waals surface area contributed by atoms with E-state index in [2.05, 4.69) is 67.5 Å². The summed E-state index contributed by atoms with van der Waals surface area (Å²) in [5.74, 6) is 0. The van der Waals surface area contributed by atoms with Crippen molar-refractivity contribution >= 4 is 11.3 Å². The van der Waals surface area contributed by atoms with Crippen LogP contribution < -0.4 is 0 Å². The number of rotatable bonds is 4. The molecule has 0 aliphatic carbocycles. The van der Waals surface area contributed by atoms with Crippen LogP contribution in [-0.4, -0.2) is 29.4 Å². The second-order valence-electron chi connectivity index (χ2n) is 5.13. The maximum Gasteiger partial charge on any atom is 0.207 e. The van der Waals surface area contributed by atoms with E-state index in [-0.39, 0.29) is 0 Å². The summed E-state index contributed by atoms with van der Waals surface area (Å²) in [6.45, 7) is 6.08. The first-order chi connectivity index (χ1) is 10.1. The Kier molecular flexibility index (Phi) is 4.83. The summed E-state index contributed by atoms with van der Waals surface area (Å²) in [5.41, 5.74) is 5.86. The van der Waals surface area contributed by atoms with Gasteiger partial charge in [0.05, 0.1) is 0 Å². The molecule has 0 aliphatic heterocycles. The van der Waals surface area contributed by atoms with Crippen molar-refractivity contribution in [2.24, 2.45) is 0 Å². The highest BCUT2D eigenvalue weighted by Crippen LogP contribution is 2.17. The first-order valence-electron chi connectivity index (χ1n) is 6.98. The molecule has 0 atom stereocenters. The van der Waals surface area contributed by atoms with Crippen molar-refractivity contribution in [1.82, 2.24) is 4.98 Å². The Morgan fingerprint density at radius 3 is 2.33 bits per heavy atom. The van der Waals surface area contributed by atoms with E-state index >= 15 is 0 Å². The normalized spacial score (nSPS) is 11.1. The fourth-order valence-electron chi connectivity index (χ4n) is 2.26. The summed E-state index contributed by atoms with van der Waals surface area (Å²) < 4.78 is 2.13. The van der Waals surface area contributed by atoms with Gasteiger partial charge in [-0.15, -0.1) is 0 Å². The van der Waals surface area contributed by atoms with Crippen LogP contribution in [0, 0.1) is 6.92 Å². The van der Waals surface area contributed by atoms with Crippen molar-refractivity contribution in [1.29, 1.82) is 0 Å². The average Bonchev–Trinajstić information content (AvgIpc) is 2.50. The Hall–Kier alpha value is -2.48. The molecule has 0 saturated heterocycles. The number of nitrogens with zero attached hydrogens (tertiary/aromatic N) is 2. The molecule has 0 fully saturated rings. The SMILES string of the molecule is C=C/C(=C\C(c1ccccc1C)=[N+](C)C)c1ccncc1. The van der Waals surface area contributed by atoms with E-state index in [0.29, 0.717) is 0 Å². The van der Waals surface area contributed by atoms with Gasteiger partial charge in [0.1, 0.15) is 14.1 Å². The minimum absolute atomic E-state index is 1.09. The molecule has 0 radical (unpaired) electrons. The molecule has 0 unspecified atom stereocenters. The molecule has 2 aromatic rings. The van der Waals surface area contributed by atoms with Gasteiger partial charge in [-0.05, 0) is 41.8 Å². The number of pyridine rings is 1. The standard InChI is InChI=1S/C19H21N2/c1-5-16(17-10-12-20-13-11-17)14-19(21(3)4)18-9-7-6-8-15(18)2/h5-14H,1H2,2-4H3/q+1/b16-14+. The number of hydrogen-bond acceptors (Lipinski definition) is 1. The Labute approximate surface area is 126 Å². The molecular formula is C19H21N2+. The van der Waals surface area contributed by atoms with Gasteiger partial charge < -0.3 is 0 Å². The van der Waals surface area contributed by atoms with E-state index in [1.165, 1.54) is 16.8 Å². The molecule has 1 heterocycles. The summed E-state index contributed by atoms with van der Waals surface area (Å²) in [5, 5.41) is 0. The zero-order valence-electron chi connectivity index (χ0n) is 12.9. The minimum Gasteiger partial charge on any atom is -0.265 e. The van der Waals surface area contributed by atoms with Crippen LogP contribution in [0.3, 0.4) is 0 Å². The summed E-state index contributed by atoms with van der Waals surface area (Å²) in [6, 6.07) is 12.4. The monoisotopic (exact) mass is 277 g/mol. The maximum atomic E-state index is 4.07. The third-order valence-corrected chi connectivity index (χ3v) is 3.43. The number of benzene rings is 1. The van der Waals surface area contributed by atoms with Crippen LogP contribution in [0.15, 0.2) is 67.5 Å². The van der Waals surface area contributed by atoms with E-state index in [4.69, 9.17) is 0 Å². The fourth-order valence-corrected chi connectivity index (χ4v) is 2.26. The predicted molar refractivity (Wildman–Crippen MR) is 89.8 cm³/mol. The largest absolute Gasteiger partial charge is 0.265 e. The fraction of sp³-hybridized carbons (Fsp3) is 0.158. The third-order valence-electron chi connectivity index (χ3n) is 3.43. The molecule has 21 heavy (non-hydrogen) atoms. The zero-order valence-corrected chi connectivity index (χ0v) is 12.9. The second-order valence-corrected chi connectivity index (χ2v) is 5.13. The summed E-state index contributed by atoms with van der Waals surface area (Å²) in [4.78, 5) is 4.07. The summed E-state index contributed by atoms with van der Waals surface area (Å²) in [6.07, 6.45) is 7.66. The smallest absolute Gasteiger partial charge is 0.207 e. The summed E-state index contributed by atoms with van der Waals surface area (Å²) in [7, 11) is 4.12. The molecule has 0 bridgehead atoms. The molecule has 1 aromatic carbocycles. The molecular weight excluding hydrogens is 256 g/mol. The first kappa shape index (κ1) is 14.9. The maximum absolute atomic E-state index is 4.07. The van der Waals surface area contributed by atoms with Crippen LogP contribution in [-0.2, 0) is 0 Å². The van der Waals surface area contributed by atoms with E-state index in [1.807, 2.05) is 18.2 Å². The number of aromatic nitrogens is 1. The van der Waals surface area contributed by atoms with E-state index < -0.39 is 0 Å². The Bertz CT molecular complexity index is 691. The lowest BCUT2D eigenvalue weighted by atomic mass is 9.99. The van der Waals surface area contributed by atoms with Gasteiger partial charge in [-0.1, -0.05) is 30.9 Å². The van der Waals surface area contributed by atoms with Crippen molar-refractivity contribution in [3.05, 3.63) is 84.2 Å². The van der Waals surface area contributed by atoms with Gasteiger partial charge in [-0.25, -0.2) is 4.58 Å². The Balaban J connectivity index is 2.55. The molecule has 2 nitrogen and oxygen atoms in total. The van der Waals surface area contributed by atoms with Gasteiger partial charge in [0.25, 0.3) is 0 Å². The lowest BCUT2D eigenvalue weighted by molar-refractivity contribution is -0.463. The van der Waals surface area contributed by atoms with E-state index in [1.54, 1.807) is 12.4 Å². The van der Waals surface area contributed by atoms with Gasteiger partial charge in [-0.2, -0.15) is 0 Å². The Morgan fingerprint density at radius 2 is 1.76 bits per heavy atom. The van der Waals surface area contributed by atoms with Crippen molar-refractivity contribution in [2.45, 2.75) is 6.92 Å². The molecule has 0 spiro atoms. The molecule has 0 amide bonds. The molecule has 2 heteroatoms. The lowest BCUT2D eigenvalue weighted by Crippen LogP contribution is -2.14. The Morgan fingerprint density at radius 1 is 1.10 bits per heavy atom. The quantitative estimate of drug-likeness (QED) is 0.472. The highest BCUT2D eigenvalue weighted by Gasteiger charge is 2.12. The predicted octanol–water partition coefficient (Wildman–Crippen LogP) is 3.72. The molecule has 2 rings (SSSR count). The molecule has 0 N–H and O–H groups in total. The van der Waals surface area contributed by atoms with Crippen molar-refractivity contribution in [3.8, 4) is 0 Å². The van der Waals surface area contributed by atoms with Gasteiger partial charge in [0, 0.05) is 24.0 Å². The highest BCUT2D eigenvalue weighted by molar-refractivity contribution is 6.10. The minimum atomic E-state index is 1.09. The van der Waals surface area contributed by atoms with Crippen molar-refractivity contribution in [3.63, 3.8) is 0 Å². The van der Waals surface area contributed by atoms with Gasteiger partial charge in [-0.3, -0.25) is 4.98 Å². The van der Waals surface area contributed by atoms with Gasteiger partial charge in [0.2, 0.25) is 5.71 Å². The van der Waals surface area contributed by atoms with Crippen LogP contribution in [0.2, 0.25) is 0 Å². The highest BCUT2D eigenvalue weighted by atomic mass is 14.9. The van der Waals surface area contributed by atoms with E-state index in [0.717, 1.165) is 11.1 Å². The van der Waals surface area contributed by atoms with Crippen molar-refractivity contribution in [2.75, 3.05) is 14.1 Å². The molecule has 0 aliphatic rings. The zero-order chi connectivity index (χ0) is 15.2. The van der Waals surface area contributed by atoms with E-state index in [9.17, 15) is 0 Å². The van der Waals surface area contributed by atoms with Gasteiger partial charge in [0.15, 0.2) is 0 Å². The van der Waals surface area contributed by atoms with Gasteiger partial charge >= 0.3 is 0 Å². The number of hydrogen-bond donors (Lipinski definition) is 0. The van der Waals surface area contributed by atoms with Crippen LogP contribution in [0.25, 0.3) is 5.57 Å². The van der Waals surface area contributed by atoms with Crippen LogP contribution >= 0.6 is 0 Å². The topological polar surface area (TPSA) is 15.9 Å².